The number of primary amides is 1. The van der Waals surface area contributed by atoms with Gasteiger partial charge >= 0.3 is 5.97 Å². The number of rotatable bonds is 32. The van der Waals surface area contributed by atoms with Gasteiger partial charge in [-0.3, -0.25) is 82.7 Å². The van der Waals surface area contributed by atoms with E-state index in [9.17, 15) is 62.6 Å². The Morgan fingerprint density at radius 3 is 1.19 bits per heavy atom. The van der Waals surface area contributed by atoms with Crippen LogP contribution in [-0.4, -0.2) is 223 Å². The molecule has 14 unspecified atom stereocenters. The minimum atomic E-state index is -1.73. The average molecular weight is 1680 g/mol. The Bertz CT molecular complexity index is 3870. The molecule has 37 nitrogen and oxygen atoms in total. The third-order valence-corrected chi connectivity index (χ3v) is 20.9. The van der Waals surface area contributed by atoms with E-state index >= 15 is 14.4 Å². The molecule has 0 saturated carbocycles. The zero-order valence-corrected chi connectivity index (χ0v) is 70.3. The van der Waals surface area contributed by atoms with Gasteiger partial charge in [0.2, 0.25) is 82.7 Å². The van der Waals surface area contributed by atoms with E-state index in [0.717, 1.165) is 11.8 Å². The number of hydrogen-bond acceptors (Lipinski definition) is 19. The van der Waals surface area contributed by atoms with Gasteiger partial charge in [-0.05, 0) is 112 Å². The molecule has 1 aliphatic heterocycles. The minimum Gasteiger partial charge on any atom is -0.481 e. The number of nitrogens with one attached hydrogen (secondary N) is 18. The van der Waals surface area contributed by atoms with Crippen molar-refractivity contribution in [1.82, 2.24) is 85.1 Å². The van der Waals surface area contributed by atoms with E-state index in [1.165, 1.54) is 0 Å². The van der Waals surface area contributed by atoms with Gasteiger partial charge in [0.25, 0.3) is 0 Å². The molecule has 0 spiro atoms. The molecule has 1 fully saturated rings. The van der Waals surface area contributed by atoms with Crippen LogP contribution in [0.4, 0.5) is 0 Å². The molecule has 0 aromatic heterocycles. The first-order valence-corrected chi connectivity index (χ1v) is 41.6. The van der Waals surface area contributed by atoms with Crippen LogP contribution in [0.15, 0.2) is 91.0 Å². The van der Waals surface area contributed by atoms with Gasteiger partial charge in [0.15, 0.2) is 11.9 Å². The molecule has 1 aliphatic rings. The van der Waals surface area contributed by atoms with E-state index in [-0.39, 0.29) is 76.8 Å². The summed E-state index contributed by atoms with van der Waals surface area (Å²) in [5.41, 5.74) is 18.2. The Kier molecular flexibility index (Phi) is 44.6. The number of carbonyl (C=O) groups is 15. The summed E-state index contributed by atoms with van der Waals surface area (Å²) < 4.78 is 0. The van der Waals surface area contributed by atoms with Crippen LogP contribution in [-0.2, 0) is 91.2 Å². The molecule has 25 N–H and O–H groups in total. The van der Waals surface area contributed by atoms with Crippen LogP contribution in [0.25, 0.3) is 0 Å². The van der Waals surface area contributed by atoms with Crippen molar-refractivity contribution >= 4 is 112 Å². The van der Waals surface area contributed by atoms with Crippen molar-refractivity contribution < 1.29 is 77.0 Å². The molecule has 0 bridgehead atoms. The molecule has 3 aromatic carbocycles. The summed E-state index contributed by atoms with van der Waals surface area (Å²) in [5, 5.41) is 69.0. The Labute approximate surface area is 699 Å². The maximum absolute atomic E-state index is 15.3. The summed E-state index contributed by atoms with van der Waals surface area (Å²) in [7, 11) is 1.71. The van der Waals surface area contributed by atoms with Crippen LogP contribution in [0, 0.1) is 34.5 Å². The zero-order valence-electron chi connectivity index (χ0n) is 69.5. The van der Waals surface area contributed by atoms with Gasteiger partial charge in [-0.2, -0.15) is 0 Å². The predicted molar refractivity (Wildman–Crippen MR) is 449 cm³/mol. The fraction of sp³-hybridized carbons (Fsp3) is 0.568. The molecular weight excluding hydrogens is 1560 g/mol. The standard InChI is InChI=1S/C81H125N21O16S/c1-10-48(7)66-78(117)95-53(31-21-22-36-87-9)69(108)94-56(34-35-64(105)106)72(111)92-54(32-23-37-88-80(83)84)70(109)97-60(42-52-29-19-14-20-30-52)75(114)98-59(41-51-27-17-13-18-28-51)74(113)93-55(33-24-38-89-81(85)86)71(110)99-61(68(107)90-43-62(82)103)44-119-45-63(104)91-58(40-50-25-15-12-16-26-50)73(112)96-57(39-46(3)4)76(115)101-67(49(8)11-2)79(118)100-65(47(5)6)77(116)102-66/h12-20,25-30,46-49,53-61,65-67,87H,10-11,21-24,31-45H2,1-9H3,(H2,82,103)(H,90,107)(H,91,104)(H,92,111)(H,93,113)(H,94,108)(H,95,117)(H,96,112)(H,97,109)(H,98,114)(H,99,110)(H,100,118)(H,101,115)(H,102,116)(H,105,106)(H4,83,84,88)(H4,85,86,89). The lowest BCUT2D eigenvalue weighted by Crippen LogP contribution is -2.62. The molecule has 0 radical (unpaired) electrons. The number of unbranched alkanes of at least 4 members (excludes halogenated alkanes) is 1. The molecule has 38 heteroatoms. The first kappa shape index (κ1) is 99.9. The fourth-order valence-electron chi connectivity index (χ4n) is 12.8. The van der Waals surface area contributed by atoms with Crippen LogP contribution in [0.5, 0.6) is 0 Å². The molecule has 1 heterocycles. The number of nitrogens with two attached hydrogens (primary N) is 3. The van der Waals surface area contributed by atoms with Crippen LogP contribution in [0.2, 0.25) is 0 Å². The summed E-state index contributed by atoms with van der Waals surface area (Å²) in [5.74, 6) is -17.9. The molecule has 656 valence electrons. The molecule has 1 saturated heterocycles. The maximum Gasteiger partial charge on any atom is 0.303 e. The molecule has 119 heavy (non-hydrogen) atoms. The normalized spacial score (nSPS) is 23.1. The largest absolute Gasteiger partial charge is 0.481 e. The third-order valence-electron chi connectivity index (χ3n) is 19.8. The van der Waals surface area contributed by atoms with E-state index < -0.39 is 222 Å². The summed E-state index contributed by atoms with van der Waals surface area (Å²) >= 11 is 0.817. The van der Waals surface area contributed by atoms with Crippen molar-refractivity contribution in [2.75, 3.05) is 44.7 Å². The number of carboxylic acids is 1. The van der Waals surface area contributed by atoms with E-state index in [1.54, 1.807) is 153 Å². The van der Waals surface area contributed by atoms with Crippen molar-refractivity contribution in [3.05, 3.63) is 108 Å². The van der Waals surface area contributed by atoms with Gasteiger partial charge in [-0.15, -0.1) is 11.8 Å². The lowest BCUT2D eigenvalue weighted by atomic mass is 9.94. The summed E-state index contributed by atoms with van der Waals surface area (Å²) in [6, 6.07) is 7.40. The summed E-state index contributed by atoms with van der Waals surface area (Å²) in [4.78, 5) is 217. The minimum absolute atomic E-state index is 0.0102. The van der Waals surface area contributed by atoms with Gasteiger partial charge < -0.3 is 107 Å². The third kappa shape index (κ3) is 37.4. The maximum atomic E-state index is 15.3. The number of carbonyl (C=O) groups excluding carboxylic acids is 14. The van der Waals surface area contributed by atoms with Crippen LogP contribution in [0.1, 0.15) is 149 Å². The second kappa shape index (κ2) is 53.1. The van der Waals surface area contributed by atoms with Gasteiger partial charge in [0.1, 0.15) is 72.5 Å². The van der Waals surface area contributed by atoms with Crippen LogP contribution in [0.3, 0.4) is 0 Å². The number of hydrogen-bond donors (Lipinski definition) is 22. The number of aliphatic carboxylic acids is 1. The average Bonchev–Trinajstić information content (AvgIpc) is 0.847. The van der Waals surface area contributed by atoms with Gasteiger partial charge in [0.05, 0.1) is 12.3 Å². The van der Waals surface area contributed by atoms with E-state index in [2.05, 4.69) is 85.1 Å². The fourth-order valence-corrected chi connectivity index (χ4v) is 13.6. The molecular formula is C81H125N21O16S. The molecule has 14 atom stereocenters. The quantitative estimate of drug-likeness (QED) is 0.0191. The smallest absolute Gasteiger partial charge is 0.303 e. The van der Waals surface area contributed by atoms with Crippen molar-refractivity contribution in [3.63, 3.8) is 0 Å². The monoisotopic (exact) mass is 1680 g/mol. The number of carboxylic acid groups (broad SMARTS) is 1. The Hall–Kier alpha value is -11.4. The van der Waals surface area contributed by atoms with Crippen LogP contribution >= 0.6 is 11.8 Å². The van der Waals surface area contributed by atoms with Crippen LogP contribution < -0.4 is 102 Å². The summed E-state index contributed by atoms with van der Waals surface area (Å²) in [6.07, 6.45) is -0.952. The van der Waals surface area contributed by atoms with Crippen molar-refractivity contribution in [2.24, 2.45) is 40.9 Å². The topological polar surface area (TPSA) is 595 Å². The SMILES string of the molecule is CCC(C)C1NC(=O)C(CC(C)C)NC(=O)C(Cc2ccccc2)NC(=O)CSCC(C(=O)NCC(N)=O)NC(=O)C(CCCNC(=N)N)NC(=O)C(Cc2ccccc2)NC(=O)C(Cc2ccccc2)NC(=O)C(CCCNC(=N)N)NC(=O)C(CCC(=O)O)NC(=O)C(CCCCNC)NC(=O)C(C(C)CC)NC(=O)C(C(C)C)NC1=O. The molecule has 14 amide bonds. The second-order valence-corrected chi connectivity index (χ2v) is 31.5. The van der Waals surface area contributed by atoms with Crippen molar-refractivity contribution in [2.45, 2.75) is 224 Å². The Morgan fingerprint density at radius 1 is 0.437 bits per heavy atom. The molecule has 0 aliphatic carbocycles. The molecule has 3 aromatic rings. The van der Waals surface area contributed by atoms with E-state index in [4.69, 9.17) is 28.0 Å². The number of guanidine groups is 2. The number of benzene rings is 3. The summed E-state index contributed by atoms with van der Waals surface area (Å²) in [6.45, 7) is 13.6. The van der Waals surface area contributed by atoms with Crippen molar-refractivity contribution in [1.29, 1.82) is 10.8 Å². The van der Waals surface area contributed by atoms with E-state index in [1.807, 2.05) is 0 Å². The highest BCUT2D eigenvalue weighted by Crippen LogP contribution is 2.19. The lowest BCUT2D eigenvalue weighted by Gasteiger charge is -2.32. The predicted octanol–water partition coefficient (Wildman–Crippen LogP) is -1.54. The van der Waals surface area contributed by atoms with Gasteiger partial charge in [-0.1, -0.05) is 159 Å². The number of thioether (sulfide) groups is 1. The Balaban J connectivity index is 2.00. The van der Waals surface area contributed by atoms with Crippen molar-refractivity contribution in [3.8, 4) is 0 Å². The highest BCUT2D eigenvalue weighted by molar-refractivity contribution is 8.00. The first-order chi connectivity index (χ1) is 56.5. The lowest BCUT2D eigenvalue weighted by molar-refractivity contribution is -0.139. The highest BCUT2D eigenvalue weighted by Gasteiger charge is 2.40. The number of amides is 14. The van der Waals surface area contributed by atoms with Gasteiger partial charge in [0, 0.05) is 44.5 Å². The van der Waals surface area contributed by atoms with Gasteiger partial charge in [-0.25, -0.2) is 0 Å². The van der Waals surface area contributed by atoms with E-state index in [0.29, 0.717) is 48.9 Å². The first-order valence-electron chi connectivity index (χ1n) is 40.5. The second-order valence-electron chi connectivity index (χ2n) is 30.5. The Morgan fingerprint density at radius 2 is 0.790 bits per heavy atom. The zero-order chi connectivity index (χ0) is 88.3. The highest BCUT2D eigenvalue weighted by atomic mass is 32.2. The molecule has 4 rings (SSSR count).